The largest absolute Gasteiger partial charge is 0.494 e. The number of likely N-dealkylation sites (tertiary alicyclic amines) is 1. The lowest BCUT2D eigenvalue weighted by atomic mass is 10.0. The van der Waals surface area contributed by atoms with Gasteiger partial charge in [-0.15, -0.1) is 0 Å². The van der Waals surface area contributed by atoms with Crippen LogP contribution in [0.5, 0.6) is 5.75 Å². The first-order valence-corrected chi connectivity index (χ1v) is 12.3. The molecule has 5 rings (SSSR count). The zero-order chi connectivity index (χ0) is 23.7. The molecule has 1 aromatic carbocycles. The highest BCUT2D eigenvalue weighted by molar-refractivity contribution is 5.89. The third kappa shape index (κ3) is 4.48. The van der Waals surface area contributed by atoms with Crippen LogP contribution in [0.15, 0.2) is 41.4 Å². The molecule has 0 bridgehead atoms. The number of ether oxygens (including phenoxy) is 1. The maximum absolute atomic E-state index is 5.74. The molecule has 0 amide bonds. The highest BCUT2D eigenvalue weighted by Crippen LogP contribution is 2.19. The minimum atomic E-state index is 0.640. The van der Waals surface area contributed by atoms with Crippen molar-refractivity contribution < 1.29 is 4.74 Å². The van der Waals surface area contributed by atoms with Crippen molar-refractivity contribution in [2.24, 2.45) is 4.99 Å². The molecule has 2 aromatic heterocycles. The second-order valence-electron chi connectivity index (χ2n) is 9.42. The molecular weight excluding hydrogens is 422 g/mol. The molecule has 0 atom stereocenters. The molecule has 0 unspecified atom stereocenters. The Kier molecular flexibility index (Phi) is 6.44. The third-order valence-corrected chi connectivity index (χ3v) is 6.97. The summed E-state index contributed by atoms with van der Waals surface area (Å²) in [6.45, 7) is 10.5. The molecule has 2 aliphatic heterocycles. The maximum Gasteiger partial charge on any atom is 0.144 e. The molecule has 6 nitrogen and oxygen atoms in total. The number of aromatic nitrogens is 2. The van der Waals surface area contributed by atoms with Gasteiger partial charge in [-0.3, -0.25) is 4.90 Å². The second kappa shape index (κ2) is 9.65. The SMILES string of the molecule is CCNC1CCN(CC2=c3ccccc3=NC2=c2cc(OC)/c(=C/c3[nH]c(C)cc3C)[nH]2)CC1. The van der Waals surface area contributed by atoms with Gasteiger partial charge in [0.15, 0.2) is 0 Å². The molecule has 34 heavy (non-hydrogen) atoms. The summed E-state index contributed by atoms with van der Waals surface area (Å²) in [7, 11) is 1.72. The number of rotatable bonds is 6. The maximum atomic E-state index is 5.74. The normalized spacial score (nSPS) is 18.9. The molecule has 0 saturated carbocycles. The Morgan fingerprint density at radius 3 is 2.65 bits per heavy atom. The molecule has 3 N–H and O–H groups in total. The van der Waals surface area contributed by atoms with E-state index >= 15 is 0 Å². The van der Waals surface area contributed by atoms with E-state index in [-0.39, 0.29) is 0 Å². The first-order chi connectivity index (χ1) is 16.6. The topological polar surface area (TPSA) is 68.4 Å². The van der Waals surface area contributed by atoms with Crippen LogP contribution in [0.25, 0.3) is 17.3 Å². The fourth-order valence-electron chi connectivity index (χ4n) is 5.23. The standard InChI is InChI=1S/C28H35N5O/c1-5-29-20-10-12-33(13-11-20)17-22-21-8-6-7-9-23(21)32-28(22)26-16-27(34-4)25(31-26)15-24-18(2)14-19(3)30-24/h6-9,14-16,20,29-31H,5,10-13,17H2,1-4H3/b25-15-,28-26?. The summed E-state index contributed by atoms with van der Waals surface area (Å²) in [6.07, 6.45) is 4.51. The molecule has 0 spiro atoms. The summed E-state index contributed by atoms with van der Waals surface area (Å²) in [4.78, 5) is 14.7. The van der Waals surface area contributed by atoms with E-state index in [1.54, 1.807) is 7.11 Å². The molecule has 0 aliphatic carbocycles. The lowest BCUT2D eigenvalue weighted by Gasteiger charge is -2.32. The first kappa shape index (κ1) is 22.7. The Hall–Kier alpha value is -3.09. The zero-order valence-corrected chi connectivity index (χ0v) is 20.7. The number of benzene rings is 1. The van der Waals surface area contributed by atoms with Gasteiger partial charge in [-0.05, 0) is 70.1 Å². The predicted molar refractivity (Wildman–Crippen MR) is 138 cm³/mol. The average molecular weight is 458 g/mol. The molecule has 3 aromatic rings. The van der Waals surface area contributed by atoms with Crippen LogP contribution in [-0.2, 0) is 0 Å². The van der Waals surface area contributed by atoms with Gasteiger partial charge in [0.1, 0.15) is 5.75 Å². The quantitative estimate of drug-likeness (QED) is 0.525. The molecule has 1 saturated heterocycles. The molecule has 2 aliphatic rings. The van der Waals surface area contributed by atoms with Crippen LogP contribution in [0.2, 0.25) is 0 Å². The fraction of sp³-hybridized carbons (Fsp3) is 0.393. The van der Waals surface area contributed by atoms with Crippen molar-refractivity contribution >= 4 is 17.3 Å². The van der Waals surface area contributed by atoms with Gasteiger partial charge in [0.25, 0.3) is 0 Å². The number of nitrogens with one attached hydrogen (secondary N) is 3. The van der Waals surface area contributed by atoms with E-state index in [0.29, 0.717) is 6.04 Å². The minimum absolute atomic E-state index is 0.640. The second-order valence-corrected chi connectivity index (χ2v) is 9.42. The Morgan fingerprint density at radius 2 is 1.94 bits per heavy atom. The van der Waals surface area contributed by atoms with Gasteiger partial charge in [0.05, 0.1) is 28.9 Å². The lowest BCUT2D eigenvalue weighted by Crippen LogP contribution is -2.43. The molecule has 0 radical (unpaired) electrons. The summed E-state index contributed by atoms with van der Waals surface area (Å²) in [5, 5.41) is 7.84. The number of H-pyrrole nitrogens is 2. The van der Waals surface area contributed by atoms with Crippen molar-refractivity contribution in [2.75, 3.05) is 33.3 Å². The highest BCUT2D eigenvalue weighted by Gasteiger charge is 2.22. The van der Waals surface area contributed by atoms with Gasteiger partial charge in [-0.1, -0.05) is 25.1 Å². The lowest BCUT2D eigenvalue weighted by molar-refractivity contribution is 0.219. The van der Waals surface area contributed by atoms with Crippen molar-refractivity contribution in [3.63, 3.8) is 0 Å². The van der Waals surface area contributed by atoms with Crippen LogP contribution in [0.4, 0.5) is 0 Å². The van der Waals surface area contributed by atoms with Crippen LogP contribution < -0.4 is 31.3 Å². The minimum Gasteiger partial charge on any atom is -0.494 e. The number of aromatic amines is 2. The Balaban J connectivity index is 1.56. The van der Waals surface area contributed by atoms with Crippen molar-refractivity contribution in [1.82, 2.24) is 20.2 Å². The Bertz CT molecular complexity index is 1420. The molecular formula is C28H35N5O. The molecule has 1 fully saturated rings. The van der Waals surface area contributed by atoms with Crippen LogP contribution in [0.3, 0.4) is 0 Å². The average Bonchev–Trinajstić information content (AvgIpc) is 3.50. The number of hydrogen-bond donors (Lipinski definition) is 3. The summed E-state index contributed by atoms with van der Waals surface area (Å²) >= 11 is 0. The summed E-state index contributed by atoms with van der Waals surface area (Å²) in [6, 6.07) is 13.4. The van der Waals surface area contributed by atoms with Gasteiger partial charge in [-0.25, -0.2) is 4.99 Å². The van der Waals surface area contributed by atoms with E-state index < -0.39 is 0 Å². The van der Waals surface area contributed by atoms with Crippen LogP contribution >= 0.6 is 0 Å². The third-order valence-electron chi connectivity index (χ3n) is 6.97. The fourth-order valence-corrected chi connectivity index (χ4v) is 5.23. The van der Waals surface area contributed by atoms with E-state index in [4.69, 9.17) is 9.73 Å². The predicted octanol–water partition coefficient (Wildman–Crippen LogP) is 1.46. The van der Waals surface area contributed by atoms with E-state index in [9.17, 15) is 0 Å². The summed E-state index contributed by atoms with van der Waals surface area (Å²) in [5.74, 6) is 0.825. The van der Waals surface area contributed by atoms with Crippen molar-refractivity contribution in [2.45, 2.75) is 39.7 Å². The van der Waals surface area contributed by atoms with Gasteiger partial charge >= 0.3 is 0 Å². The van der Waals surface area contributed by atoms with Gasteiger partial charge < -0.3 is 20.0 Å². The van der Waals surface area contributed by atoms with E-state index in [1.165, 1.54) is 29.2 Å². The number of aryl methyl sites for hydroxylation is 2. The molecule has 4 heterocycles. The molecule has 178 valence electrons. The zero-order valence-electron chi connectivity index (χ0n) is 20.7. The van der Waals surface area contributed by atoms with Gasteiger partial charge in [0, 0.05) is 40.8 Å². The highest BCUT2D eigenvalue weighted by atomic mass is 16.5. The first-order valence-electron chi connectivity index (χ1n) is 12.3. The van der Waals surface area contributed by atoms with Crippen molar-refractivity contribution in [1.29, 1.82) is 0 Å². The summed E-state index contributed by atoms with van der Waals surface area (Å²) < 4.78 is 5.74. The number of methoxy groups -OCH3 is 1. The van der Waals surface area contributed by atoms with Gasteiger partial charge in [0.2, 0.25) is 0 Å². The number of nitrogens with zero attached hydrogens (tertiary/aromatic N) is 2. The Labute approximate surface area is 200 Å². The van der Waals surface area contributed by atoms with E-state index in [0.717, 1.165) is 65.1 Å². The van der Waals surface area contributed by atoms with Crippen molar-refractivity contribution in [3.05, 3.63) is 74.6 Å². The monoisotopic (exact) mass is 457 g/mol. The van der Waals surface area contributed by atoms with Crippen molar-refractivity contribution in [3.8, 4) is 5.75 Å². The summed E-state index contributed by atoms with van der Waals surface area (Å²) in [5.41, 5.74) is 5.77. The number of hydrogen-bond acceptors (Lipinski definition) is 4. The molecule has 6 heteroatoms. The van der Waals surface area contributed by atoms with Crippen LogP contribution in [-0.4, -0.2) is 54.2 Å². The Morgan fingerprint density at radius 1 is 1.15 bits per heavy atom. The van der Waals surface area contributed by atoms with Crippen LogP contribution in [0.1, 0.15) is 36.7 Å². The van der Waals surface area contributed by atoms with Crippen LogP contribution in [0, 0.1) is 13.8 Å². The number of para-hydroxylation sites is 1. The van der Waals surface area contributed by atoms with Gasteiger partial charge in [-0.2, -0.15) is 0 Å². The van der Waals surface area contributed by atoms with E-state index in [1.807, 2.05) is 0 Å². The number of piperidine rings is 1. The van der Waals surface area contributed by atoms with E-state index in [2.05, 4.69) is 83.4 Å². The smallest absolute Gasteiger partial charge is 0.144 e. The number of fused-ring (bicyclic) bond motifs is 1.